The number of benzene rings is 2. The van der Waals surface area contributed by atoms with Gasteiger partial charge in [-0.3, -0.25) is 9.78 Å². The van der Waals surface area contributed by atoms with Gasteiger partial charge in [0, 0.05) is 17.3 Å². The first-order chi connectivity index (χ1) is 14.5. The largest absolute Gasteiger partial charge is 0.344 e. The fourth-order valence-electron chi connectivity index (χ4n) is 3.02. The van der Waals surface area contributed by atoms with Crippen molar-refractivity contribution in [2.75, 3.05) is 0 Å². The Balaban J connectivity index is 1.73. The lowest BCUT2D eigenvalue weighted by atomic mass is 10.0. The number of amides is 1. The number of carbonyl (C=O) groups is 1. The van der Waals surface area contributed by atoms with E-state index in [-0.39, 0.29) is 17.0 Å². The summed E-state index contributed by atoms with van der Waals surface area (Å²) in [6.45, 7) is 1.85. The predicted molar refractivity (Wildman–Crippen MR) is 110 cm³/mol. The number of aromatic nitrogens is 5. The summed E-state index contributed by atoms with van der Waals surface area (Å²) in [5.74, 6) is -0.745. The Kier molecular flexibility index (Phi) is 5.49. The van der Waals surface area contributed by atoms with Crippen LogP contribution in [0.4, 0.5) is 4.39 Å². The van der Waals surface area contributed by atoms with E-state index in [0.29, 0.717) is 22.4 Å². The van der Waals surface area contributed by atoms with E-state index in [0.717, 1.165) is 5.69 Å². The van der Waals surface area contributed by atoms with Crippen molar-refractivity contribution in [3.05, 3.63) is 89.2 Å². The molecule has 2 heterocycles. The molecule has 30 heavy (non-hydrogen) atoms. The normalized spacial score (nSPS) is 11.8. The minimum absolute atomic E-state index is 0.233. The van der Waals surface area contributed by atoms with Crippen LogP contribution in [0.25, 0.3) is 16.8 Å². The van der Waals surface area contributed by atoms with E-state index >= 15 is 0 Å². The van der Waals surface area contributed by atoms with E-state index in [1.807, 2.05) is 25.1 Å². The zero-order valence-corrected chi connectivity index (χ0v) is 16.6. The quantitative estimate of drug-likeness (QED) is 0.525. The summed E-state index contributed by atoms with van der Waals surface area (Å²) in [6, 6.07) is 14.4. The van der Waals surface area contributed by atoms with Crippen molar-refractivity contribution in [2.24, 2.45) is 0 Å². The van der Waals surface area contributed by atoms with Gasteiger partial charge < -0.3 is 5.32 Å². The van der Waals surface area contributed by atoms with Crippen molar-refractivity contribution in [1.29, 1.82) is 0 Å². The van der Waals surface area contributed by atoms with Crippen LogP contribution in [0.2, 0.25) is 5.02 Å². The molecule has 0 saturated heterocycles. The van der Waals surface area contributed by atoms with Crippen molar-refractivity contribution in [3.8, 4) is 16.8 Å². The Labute approximate surface area is 176 Å². The topological polar surface area (TPSA) is 85.6 Å². The first kappa shape index (κ1) is 19.7. The van der Waals surface area contributed by atoms with Crippen LogP contribution in [0.15, 0.2) is 67.1 Å². The summed E-state index contributed by atoms with van der Waals surface area (Å²) < 4.78 is 14.9. The van der Waals surface area contributed by atoms with Gasteiger partial charge in [-0.25, -0.2) is 9.07 Å². The molecule has 0 fully saturated rings. The number of hydrogen-bond acceptors (Lipinski definition) is 5. The van der Waals surface area contributed by atoms with Gasteiger partial charge in [-0.2, -0.15) is 0 Å². The number of pyridine rings is 1. The zero-order chi connectivity index (χ0) is 21.1. The van der Waals surface area contributed by atoms with Gasteiger partial charge in [-0.1, -0.05) is 17.7 Å². The van der Waals surface area contributed by atoms with Crippen LogP contribution in [-0.4, -0.2) is 31.1 Å². The van der Waals surface area contributed by atoms with Gasteiger partial charge in [0.05, 0.1) is 22.4 Å². The fourth-order valence-corrected chi connectivity index (χ4v) is 3.30. The van der Waals surface area contributed by atoms with Crippen LogP contribution in [-0.2, 0) is 0 Å². The number of tetrazole rings is 1. The second kappa shape index (κ2) is 8.38. The molecule has 1 amide bonds. The van der Waals surface area contributed by atoms with Crippen molar-refractivity contribution in [3.63, 3.8) is 0 Å². The average Bonchev–Trinajstić information content (AvgIpc) is 3.29. The molecule has 0 aliphatic rings. The van der Waals surface area contributed by atoms with Crippen LogP contribution in [0.1, 0.15) is 29.0 Å². The van der Waals surface area contributed by atoms with Crippen LogP contribution in [0, 0.1) is 5.82 Å². The van der Waals surface area contributed by atoms with Gasteiger partial charge in [0.2, 0.25) is 0 Å². The molecular formula is C21H16ClFN6O. The fraction of sp³-hybridized carbons (Fsp3) is 0.0952. The molecule has 1 unspecified atom stereocenters. The summed E-state index contributed by atoms with van der Waals surface area (Å²) in [6.07, 6.45) is 3.09. The van der Waals surface area contributed by atoms with Crippen molar-refractivity contribution in [2.45, 2.75) is 13.0 Å². The SMILES string of the molecule is CC(NC(=O)c1cc(-c2ccc(F)cc2Cl)cc(-n2cnnn2)c1)c1ccccn1. The monoisotopic (exact) mass is 422 g/mol. The molecule has 0 saturated carbocycles. The van der Waals surface area contributed by atoms with Gasteiger partial charge in [0.1, 0.15) is 12.1 Å². The zero-order valence-electron chi connectivity index (χ0n) is 15.8. The first-order valence-electron chi connectivity index (χ1n) is 9.07. The van der Waals surface area contributed by atoms with E-state index in [9.17, 15) is 9.18 Å². The number of carbonyl (C=O) groups excluding carboxylic acids is 1. The molecule has 150 valence electrons. The highest BCUT2D eigenvalue weighted by Gasteiger charge is 2.16. The molecule has 0 radical (unpaired) electrons. The summed E-state index contributed by atoms with van der Waals surface area (Å²) in [5, 5.41) is 14.3. The minimum Gasteiger partial charge on any atom is -0.344 e. The van der Waals surface area contributed by atoms with Crippen molar-refractivity contribution < 1.29 is 9.18 Å². The van der Waals surface area contributed by atoms with Gasteiger partial charge in [0.15, 0.2) is 0 Å². The molecule has 1 N–H and O–H groups in total. The molecule has 0 aliphatic heterocycles. The van der Waals surface area contributed by atoms with Gasteiger partial charge in [0.25, 0.3) is 5.91 Å². The second-order valence-corrected chi connectivity index (χ2v) is 7.00. The number of nitrogens with zero attached hydrogens (tertiary/aromatic N) is 5. The Morgan fingerprint density at radius 1 is 1.17 bits per heavy atom. The molecule has 0 bridgehead atoms. The lowest BCUT2D eigenvalue weighted by Gasteiger charge is -2.15. The van der Waals surface area contributed by atoms with E-state index in [2.05, 4.69) is 25.8 Å². The van der Waals surface area contributed by atoms with Gasteiger partial charge >= 0.3 is 0 Å². The Bertz CT molecular complexity index is 1180. The Morgan fingerprint density at radius 3 is 2.73 bits per heavy atom. The summed E-state index contributed by atoms with van der Waals surface area (Å²) in [7, 11) is 0. The molecular weight excluding hydrogens is 407 g/mol. The summed E-state index contributed by atoms with van der Waals surface area (Å²) in [4.78, 5) is 17.3. The maximum Gasteiger partial charge on any atom is 0.251 e. The molecule has 7 nitrogen and oxygen atoms in total. The number of nitrogens with one attached hydrogen (secondary N) is 1. The molecule has 0 aliphatic carbocycles. The third-order valence-electron chi connectivity index (χ3n) is 4.51. The first-order valence-corrected chi connectivity index (χ1v) is 9.45. The number of hydrogen-bond donors (Lipinski definition) is 1. The smallest absolute Gasteiger partial charge is 0.251 e. The van der Waals surface area contributed by atoms with E-state index in [1.54, 1.807) is 30.5 Å². The van der Waals surface area contributed by atoms with Crippen LogP contribution < -0.4 is 5.32 Å². The van der Waals surface area contributed by atoms with Crippen molar-refractivity contribution >= 4 is 17.5 Å². The van der Waals surface area contributed by atoms with E-state index in [4.69, 9.17) is 11.6 Å². The molecule has 1 atom stereocenters. The molecule has 0 spiro atoms. The highest BCUT2D eigenvalue weighted by molar-refractivity contribution is 6.33. The molecule has 2 aromatic heterocycles. The van der Waals surface area contributed by atoms with Gasteiger partial charge in [-0.05, 0) is 71.4 Å². The van der Waals surface area contributed by atoms with Crippen molar-refractivity contribution in [1.82, 2.24) is 30.5 Å². The van der Waals surface area contributed by atoms with Crippen LogP contribution in [0.3, 0.4) is 0 Å². The Hall–Kier alpha value is -3.65. The maximum atomic E-state index is 13.5. The summed E-state index contributed by atoms with van der Waals surface area (Å²) >= 11 is 6.24. The van der Waals surface area contributed by atoms with Crippen LogP contribution >= 0.6 is 11.6 Å². The molecule has 4 rings (SSSR count). The van der Waals surface area contributed by atoms with E-state index < -0.39 is 5.82 Å². The average molecular weight is 423 g/mol. The van der Waals surface area contributed by atoms with Crippen LogP contribution in [0.5, 0.6) is 0 Å². The highest BCUT2D eigenvalue weighted by Crippen LogP contribution is 2.31. The highest BCUT2D eigenvalue weighted by atomic mass is 35.5. The second-order valence-electron chi connectivity index (χ2n) is 6.60. The molecule has 9 heteroatoms. The van der Waals surface area contributed by atoms with Gasteiger partial charge in [-0.15, -0.1) is 5.10 Å². The predicted octanol–water partition coefficient (Wildman–Crippen LogP) is 4.01. The lowest BCUT2D eigenvalue weighted by molar-refractivity contribution is 0.0939. The van der Waals surface area contributed by atoms with E-state index in [1.165, 1.54) is 23.1 Å². The summed E-state index contributed by atoms with van der Waals surface area (Å²) in [5.41, 5.74) is 2.89. The third-order valence-corrected chi connectivity index (χ3v) is 4.83. The lowest BCUT2D eigenvalue weighted by Crippen LogP contribution is -2.27. The molecule has 4 aromatic rings. The minimum atomic E-state index is -0.442. The standard InChI is InChI=1S/C21H16ClFN6O/c1-13(20-4-2-3-7-24-20)26-21(30)15-8-14(18-6-5-16(23)11-19(18)22)9-17(10-15)29-12-25-27-28-29/h2-13H,1H3,(H,26,30). The maximum absolute atomic E-state index is 13.5. The Morgan fingerprint density at radius 2 is 2.03 bits per heavy atom. The molecule has 2 aromatic carbocycles. The number of halogens is 2. The number of rotatable bonds is 5. The third kappa shape index (κ3) is 4.18.